The maximum absolute atomic E-state index is 11.7. The van der Waals surface area contributed by atoms with Gasteiger partial charge in [0.25, 0.3) is 0 Å². The number of benzene rings is 1. The molecule has 0 aliphatic heterocycles. The SMILES string of the molecule is COC(=O)c1cc2c(OC)c(CNCC(OC)OC)cc(OC)c2o1. The van der Waals surface area contributed by atoms with Gasteiger partial charge in [0, 0.05) is 38.9 Å². The lowest BCUT2D eigenvalue weighted by Gasteiger charge is -2.16. The van der Waals surface area contributed by atoms with Gasteiger partial charge < -0.3 is 33.4 Å². The predicted octanol–water partition coefficient (Wildman–Crippen LogP) is 1.95. The van der Waals surface area contributed by atoms with Crippen LogP contribution in [0, 0.1) is 0 Å². The maximum atomic E-state index is 11.7. The van der Waals surface area contributed by atoms with Gasteiger partial charge in [-0.25, -0.2) is 4.79 Å². The molecule has 0 bridgehead atoms. The van der Waals surface area contributed by atoms with Gasteiger partial charge in [-0.3, -0.25) is 0 Å². The van der Waals surface area contributed by atoms with Crippen LogP contribution >= 0.6 is 0 Å². The van der Waals surface area contributed by atoms with Crippen LogP contribution in [-0.2, 0) is 20.8 Å². The molecule has 25 heavy (non-hydrogen) atoms. The van der Waals surface area contributed by atoms with Crippen LogP contribution in [0.2, 0.25) is 0 Å². The lowest BCUT2D eigenvalue weighted by molar-refractivity contribution is -0.0989. The molecule has 0 spiro atoms. The first-order valence-corrected chi connectivity index (χ1v) is 7.61. The van der Waals surface area contributed by atoms with Crippen LogP contribution in [-0.4, -0.2) is 54.4 Å². The smallest absolute Gasteiger partial charge is 0.373 e. The van der Waals surface area contributed by atoms with Crippen LogP contribution < -0.4 is 14.8 Å². The van der Waals surface area contributed by atoms with Gasteiger partial charge in [0.1, 0.15) is 5.75 Å². The van der Waals surface area contributed by atoms with E-state index in [0.29, 0.717) is 35.6 Å². The van der Waals surface area contributed by atoms with Crippen molar-refractivity contribution >= 4 is 16.9 Å². The van der Waals surface area contributed by atoms with Crippen LogP contribution in [0.5, 0.6) is 11.5 Å². The van der Waals surface area contributed by atoms with Crippen LogP contribution in [0.3, 0.4) is 0 Å². The molecule has 2 aromatic rings. The van der Waals surface area contributed by atoms with E-state index >= 15 is 0 Å². The van der Waals surface area contributed by atoms with E-state index < -0.39 is 5.97 Å². The Balaban J connectivity index is 2.37. The van der Waals surface area contributed by atoms with Crippen molar-refractivity contribution in [1.82, 2.24) is 5.32 Å². The fourth-order valence-corrected chi connectivity index (χ4v) is 2.52. The second kappa shape index (κ2) is 8.70. The topological polar surface area (TPSA) is 88.4 Å². The number of rotatable bonds is 9. The number of carbonyl (C=O) groups is 1. The number of nitrogens with one attached hydrogen (secondary N) is 1. The number of hydrogen-bond donors (Lipinski definition) is 1. The predicted molar refractivity (Wildman–Crippen MR) is 90.2 cm³/mol. The van der Waals surface area contributed by atoms with Crippen molar-refractivity contribution in [2.24, 2.45) is 0 Å². The van der Waals surface area contributed by atoms with Crippen molar-refractivity contribution in [3.63, 3.8) is 0 Å². The minimum absolute atomic E-state index is 0.0815. The third-order valence-electron chi connectivity index (χ3n) is 3.76. The molecule has 1 aromatic heterocycles. The third-order valence-corrected chi connectivity index (χ3v) is 3.76. The normalized spacial score (nSPS) is 11.1. The number of furan rings is 1. The molecule has 8 nitrogen and oxygen atoms in total. The highest BCUT2D eigenvalue weighted by Crippen LogP contribution is 2.39. The Bertz CT molecular complexity index is 721. The molecule has 0 fully saturated rings. The summed E-state index contributed by atoms with van der Waals surface area (Å²) in [7, 11) is 7.53. The minimum atomic E-state index is -0.567. The monoisotopic (exact) mass is 353 g/mol. The molecule has 0 amide bonds. The largest absolute Gasteiger partial charge is 0.496 e. The molecule has 0 radical (unpaired) electrons. The molecule has 8 heteroatoms. The van der Waals surface area contributed by atoms with Crippen LogP contribution in [0.25, 0.3) is 11.0 Å². The highest BCUT2D eigenvalue weighted by atomic mass is 16.7. The Kier molecular flexibility index (Phi) is 6.63. The summed E-state index contributed by atoms with van der Waals surface area (Å²) in [5.74, 6) is 0.604. The fraction of sp³-hybridized carbons (Fsp3) is 0.471. The summed E-state index contributed by atoms with van der Waals surface area (Å²) in [6, 6.07) is 3.38. The highest BCUT2D eigenvalue weighted by Gasteiger charge is 2.21. The Morgan fingerprint density at radius 1 is 1.12 bits per heavy atom. The zero-order chi connectivity index (χ0) is 18.4. The molecule has 1 N–H and O–H groups in total. The molecule has 1 heterocycles. The van der Waals surface area contributed by atoms with Crippen molar-refractivity contribution in [3.05, 3.63) is 23.5 Å². The first-order chi connectivity index (χ1) is 12.1. The molecule has 0 atom stereocenters. The van der Waals surface area contributed by atoms with Gasteiger partial charge in [0.2, 0.25) is 5.76 Å². The van der Waals surface area contributed by atoms with E-state index in [0.717, 1.165) is 5.56 Å². The van der Waals surface area contributed by atoms with Gasteiger partial charge in [-0.2, -0.15) is 0 Å². The molecular weight excluding hydrogens is 330 g/mol. The molecule has 0 aliphatic rings. The fourth-order valence-electron chi connectivity index (χ4n) is 2.52. The Hall–Kier alpha value is -2.29. The highest BCUT2D eigenvalue weighted by molar-refractivity contribution is 5.97. The summed E-state index contributed by atoms with van der Waals surface area (Å²) in [5, 5.41) is 3.86. The summed E-state index contributed by atoms with van der Waals surface area (Å²) in [4.78, 5) is 11.7. The number of carbonyl (C=O) groups excluding carboxylic acids is 1. The summed E-state index contributed by atoms with van der Waals surface area (Å²) >= 11 is 0. The average molecular weight is 353 g/mol. The Morgan fingerprint density at radius 2 is 1.84 bits per heavy atom. The van der Waals surface area contributed by atoms with E-state index in [1.54, 1.807) is 33.5 Å². The molecule has 138 valence electrons. The first kappa shape index (κ1) is 19.0. The first-order valence-electron chi connectivity index (χ1n) is 7.61. The number of methoxy groups -OCH3 is 5. The maximum Gasteiger partial charge on any atom is 0.373 e. The second-order valence-electron chi connectivity index (χ2n) is 5.15. The molecule has 0 unspecified atom stereocenters. The van der Waals surface area contributed by atoms with Gasteiger partial charge in [0.05, 0.1) is 26.7 Å². The molecule has 0 saturated carbocycles. The van der Waals surface area contributed by atoms with E-state index in [1.165, 1.54) is 14.2 Å². The summed E-state index contributed by atoms with van der Waals surface area (Å²) in [6.45, 7) is 0.979. The van der Waals surface area contributed by atoms with Gasteiger partial charge >= 0.3 is 5.97 Å². The minimum Gasteiger partial charge on any atom is -0.496 e. The van der Waals surface area contributed by atoms with Gasteiger partial charge in [-0.05, 0) is 6.07 Å². The molecule has 1 aromatic carbocycles. The van der Waals surface area contributed by atoms with E-state index in [-0.39, 0.29) is 12.1 Å². The van der Waals surface area contributed by atoms with Crippen LogP contribution in [0.1, 0.15) is 16.1 Å². The Morgan fingerprint density at radius 3 is 2.40 bits per heavy atom. The van der Waals surface area contributed by atoms with Crippen LogP contribution in [0.15, 0.2) is 16.5 Å². The quantitative estimate of drug-likeness (QED) is 0.540. The number of ether oxygens (including phenoxy) is 5. The van der Waals surface area contributed by atoms with Gasteiger partial charge in [0.15, 0.2) is 17.6 Å². The van der Waals surface area contributed by atoms with Crippen LogP contribution in [0.4, 0.5) is 0 Å². The van der Waals surface area contributed by atoms with E-state index in [4.69, 9.17) is 28.1 Å². The molecule has 0 saturated heterocycles. The summed E-state index contributed by atoms with van der Waals surface area (Å²) in [6.07, 6.45) is -0.350. The lowest BCUT2D eigenvalue weighted by atomic mass is 10.1. The van der Waals surface area contributed by atoms with Gasteiger partial charge in [-0.1, -0.05) is 0 Å². The zero-order valence-electron chi connectivity index (χ0n) is 15.0. The standard InChI is InChI=1S/C17H23NO7/c1-20-12-6-10(8-18-9-14(21-2)22-3)15(23-4)11-7-13(17(19)24-5)25-16(11)12/h6-7,14,18H,8-9H2,1-5H3. The molecular formula is C17H23NO7. The van der Waals surface area contributed by atoms with E-state index in [9.17, 15) is 4.79 Å². The van der Waals surface area contributed by atoms with Crippen molar-refractivity contribution in [2.45, 2.75) is 12.8 Å². The molecule has 0 aliphatic carbocycles. The summed E-state index contributed by atoms with van der Waals surface area (Å²) < 4.78 is 31.5. The van der Waals surface area contributed by atoms with Crippen molar-refractivity contribution < 1.29 is 32.9 Å². The summed E-state index contributed by atoms with van der Waals surface area (Å²) in [5.41, 5.74) is 1.27. The van der Waals surface area contributed by atoms with Crippen molar-refractivity contribution in [1.29, 1.82) is 0 Å². The number of hydrogen-bond acceptors (Lipinski definition) is 8. The van der Waals surface area contributed by atoms with Crippen molar-refractivity contribution in [2.75, 3.05) is 42.1 Å². The van der Waals surface area contributed by atoms with Gasteiger partial charge in [-0.15, -0.1) is 0 Å². The zero-order valence-corrected chi connectivity index (χ0v) is 15.0. The van der Waals surface area contributed by atoms with Crippen molar-refractivity contribution in [3.8, 4) is 11.5 Å². The second-order valence-corrected chi connectivity index (χ2v) is 5.15. The van der Waals surface area contributed by atoms with E-state index in [2.05, 4.69) is 5.32 Å². The lowest BCUT2D eigenvalue weighted by Crippen LogP contribution is -2.29. The third kappa shape index (κ3) is 4.04. The number of fused-ring (bicyclic) bond motifs is 1. The molecule has 2 rings (SSSR count). The average Bonchev–Trinajstić information content (AvgIpc) is 3.08. The Labute approximate surface area is 145 Å². The number of esters is 1. The van der Waals surface area contributed by atoms with E-state index in [1.807, 2.05) is 0 Å².